The van der Waals surface area contributed by atoms with Crippen molar-refractivity contribution in [2.75, 3.05) is 27.3 Å². The molecule has 1 aromatic carbocycles. The Labute approximate surface area is 165 Å². The first-order valence-electron chi connectivity index (χ1n) is 10.1. The van der Waals surface area contributed by atoms with E-state index in [4.69, 9.17) is 19.2 Å². The number of carbonyl (C=O) groups is 1. The van der Waals surface area contributed by atoms with Gasteiger partial charge in [0.1, 0.15) is 5.75 Å². The lowest BCUT2D eigenvalue weighted by Crippen LogP contribution is -2.64. The molecule has 0 aromatic heterocycles. The summed E-state index contributed by atoms with van der Waals surface area (Å²) in [6, 6.07) is 6.29. The quantitative estimate of drug-likeness (QED) is 0.455. The number of aliphatic imine (C=N–C) groups is 1. The first-order valence-corrected chi connectivity index (χ1v) is 10.1. The molecule has 0 amide bonds. The van der Waals surface area contributed by atoms with E-state index in [1.807, 2.05) is 12.1 Å². The standard InChI is InChI=1S/C22H26N2O4/c1-4-13-11-24-9-8-22-19-16(6-5-7-18(19)28-22)23-20(22)17(24)10-14(13)15(12-26-2)21(25)27-3/h5-7,12-14,17H,4,8-11H2,1-3H3/b15-12+/t13-,14+,17+,22+/m1/s1. The number of fused-ring (bicyclic) bond motifs is 2. The zero-order chi connectivity index (χ0) is 19.5. The van der Waals surface area contributed by atoms with Gasteiger partial charge in [0.15, 0.2) is 5.60 Å². The smallest absolute Gasteiger partial charge is 0.337 e. The number of hydrogen-bond donors (Lipinski definition) is 0. The van der Waals surface area contributed by atoms with Crippen LogP contribution in [0.5, 0.6) is 5.75 Å². The molecule has 6 heteroatoms. The highest BCUT2D eigenvalue weighted by Gasteiger charge is 2.61. The van der Waals surface area contributed by atoms with E-state index in [2.05, 4.69) is 17.9 Å². The number of hydrogen-bond acceptors (Lipinski definition) is 6. The fourth-order valence-electron chi connectivity index (χ4n) is 5.64. The summed E-state index contributed by atoms with van der Waals surface area (Å²) in [6.45, 7) is 4.12. The molecular weight excluding hydrogens is 356 g/mol. The van der Waals surface area contributed by atoms with Crippen LogP contribution in [0.1, 0.15) is 31.7 Å². The highest BCUT2D eigenvalue weighted by atomic mass is 16.5. The number of piperidine rings is 2. The van der Waals surface area contributed by atoms with Crippen LogP contribution in [0, 0.1) is 11.8 Å². The van der Waals surface area contributed by atoms with Crippen LogP contribution in [0.4, 0.5) is 5.69 Å². The van der Waals surface area contributed by atoms with E-state index in [1.165, 1.54) is 12.7 Å². The molecule has 1 aromatic rings. The fourth-order valence-corrected chi connectivity index (χ4v) is 5.64. The molecule has 148 valence electrons. The maximum absolute atomic E-state index is 12.5. The van der Waals surface area contributed by atoms with Crippen molar-refractivity contribution in [3.8, 4) is 5.75 Å². The second-order valence-corrected chi connectivity index (χ2v) is 8.15. The second-order valence-electron chi connectivity index (χ2n) is 8.15. The third-order valence-electron chi connectivity index (χ3n) is 6.96. The van der Waals surface area contributed by atoms with Gasteiger partial charge in [0.2, 0.25) is 0 Å². The first kappa shape index (κ1) is 17.7. The zero-order valence-corrected chi connectivity index (χ0v) is 16.6. The number of ether oxygens (including phenoxy) is 3. The van der Waals surface area contributed by atoms with Crippen LogP contribution in [0.15, 0.2) is 35.0 Å². The van der Waals surface area contributed by atoms with Gasteiger partial charge < -0.3 is 14.2 Å². The van der Waals surface area contributed by atoms with E-state index in [9.17, 15) is 4.79 Å². The molecular formula is C22H26N2O4. The summed E-state index contributed by atoms with van der Waals surface area (Å²) in [5.41, 5.74) is 3.72. The lowest BCUT2D eigenvalue weighted by atomic mass is 9.69. The van der Waals surface area contributed by atoms with Crippen molar-refractivity contribution in [2.24, 2.45) is 16.8 Å². The molecule has 4 aliphatic heterocycles. The third kappa shape index (κ3) is 2.24. The van der Waals surface area contributed by atoms with Crippen molar-refractivity contribution >= 4 is 17.4 Å². The minimum Gasteiger partial charge on any atom is -0.504 e. The Balaban J connectivity index is 1.51. The van der Waals surface area contributed by atoms with Gasteiger partial charge in [-0.3, -0.25) is 9.89 Å². The van der Waals surface area contributed by atoms with E-state index >= 15 is 0 Å². The molecule has 5 rings (SSSR count). The van der Waals surface area contributed by atoms with Crippen LogP contribution in [-0.2, 0) is 19.9 Å². The van der Waals surface area contributed by atoms with Gasteiger partial charge in [-0.15, -0.1) is 0 Å². The van der Waals surface area contributed by atoms with Crippen LogP contribution in [-0.4, -0.2) is 49.9 Å². The number of nitrogens with zero attached hydrogens (tertiary/aromatic N) is 2. The molecule has 4 atom stereocenters. The van der Waals surface area contributed by atoms with Crippen molar-refractivity contribution < 1.29 is 19.0 Å². The number of methoxy groups -OCH3 is 2. The summed E-state index contributed by atoms with van der Waals surface area (Å²) in [5, 5.41) is 0. The highest BCUT2D eigenvalue weighted by Crippen LogP contribution is 2.59. The second kappa shape index (κ2) is 6.34. The molecule has 28 heavy (non-hydrogen) atoms. The van der Waals surface area contributed by atoms with Crippen molar-refractivity contribution in [1.82, 2.24) is 4.90 Å². The van der Waals surface area contributed by atoms with Gasteiger partial charge in [0.25, 0.3) is 0 Å². The largest absolute Gasteiger partial charge is 0.504 e. The summed E-state index contributed by atoms with van der Waals surface area (Å²) in [4.78, 5) is 20.0. The highest BCUT2D eigenvalue weighted by molar-refractivity contribution is 6.07. The van der Waals surface area contributed by atoms with Crippen molar-refractivity contribution in [2.45, 2.75) is 37.8 Å². The number of carbonyl (C=O) groups excluding carboxylic acids is 1. The monoisotopic (exact) mass is 382 g/mol. The topological polar surface area (TPSA) is 60.4 Å². The van der Waals surface area contributed by atoms with E-state index in [-0.39, 0.29) is 23.5 Å². The molecule has 4 heterocycles. The normalized spacial score (nSPS) is 32.9. The summed E-state index contributed by atoms with van der Waals surface area (Å²) < 4.78 is 16.6. The van der Waals surface area contributed by atoms with Gasteiger partial charge in [-0.2, -0.15) is 0 Å². The van der Waals surface area contributed by atoms with Gasteiger partial charge in [-0.1, -0.05) is 19.4 Å². The molecule has 0 bridgehead atoms. The van der Waals surface area contributed by atoms with Gasteiger partial charge in [0, 0.05) is 19.5 Å². The Kier molecular flexibility index (Phi) is 4.02. The maximum Gasteiger partial charge on any atom is 0.337 e. The first-order chi connectivity index (χ1) is 13.6. The van der Waals surface area contributed by atoms with Gasteiger partial charge >= 0.3 is 5.97 Å². The maximum atomic E-state index is 12.5. The molecule has 4 aliphatic rings. The Hall–Kier alpha value is -2.34. The predicted molar refractivity (Wildman–Crippen MR) is 105 cm³/mol. The molecule has 0 aliphatic carbocycles. The third-order valence-corrected chi connectivity index (χ3v) is 6.96. The lowest BCUT2D eigenvalue weighted by Gasteiger charge is -2.54. The van der Waals surface area contributed by atoms with Crippen LogP contribution < -0.4 is 4.74 Å². The van der Waals surface area contributed by atoms with E-state index < -0.39 is 0 Å². The predicted octanol–water partition coefficient (Wildman–Crippen LogP) is 3.18. The van der Waals surface area contributed by atoms with Crippen LogP contribution >= 0.6 is 0 Å². The van der Waals surface area contributed by atoms with Crippen LogP contribution in [0.2, 0.25) is 0 Å². The zero-order valence-electron chi connectivity index (χ0n) is 16.6. The van der Waals surface area contributed by atoms with Crippen molar-refractivity contribution in [3.05, 3.63) is 35.6 Å². The van der Waals surface area contributed by atoms with Crippen molar-refractivity contribution in [3.63, 3.8) is 0 Å². The SMILES string of the molecule is CC[C@@H]1CN2CC[C@]34Oc5cccc(c53)N=C4[C@@H]2C[C@@H]1/C(=C\OC)C(=O)OC. The molecule has 0 N–H and O–H groups in total. The van der Waals surface area contributed by atoms with Gasteiger partial charge in [0.05, 0.1) is 49.1 Å². The van der Waals surface area contributed by atoms with Crippen molar-refractivity contribution in [1.29, 1.82) is 0 Å². The van der Waals surface area contributed by atoms with Gasteiger partial charge in [-0.05, 0) is 30.4 Å². The summed E-state index contributed by atoms with van der Waals surface area (Å²) in [5.74, 6) is 1.13. The molecule has 1 spiro atoms. The lowest BCUT2D eigenvalue weighted by molar-refractivity contribution is -0.137. The average molecular weight is 382 g/mol. The summed E-state index contributed by atoms with van der Waals surface area (Å²) in [7, 11) is 3.01. The van der Waals surface area contributed by atoms with E-state index in [1.54, 1.807) is 13.4 Å². The average Bonchev–Trinajstić information content (AvgIpc) is 3.02. The van der Waals surface area contributed by atoms with E-state index in [0.29, 0.717) is 11.5 Å². The molecule has 0 saturated carbocycles. The fraction of sp³-hybridized carbons (Fsp3) is 0.545. The van der Waals surface area contributed by atoms with Crippen LogP contribution in [0.25, 0.3) is 0 Å². The summed E-state index contributed by atoms with van der Waals surface area (Å²) in [6.07, 6.45) is 4.35. The Morgan fingerprint density at radius 3 is 3.04 bits per heavy atom. The Bertz CT molecular complexity index is 893. The Morgan fingerprint density at radius 1 is 1.43 bits per heavy atom. The summed E-state index contributed by atoms with van der Waals surface area (Å²) >= 11 is 0. The van der Waals surface area contributed by atoms with Crippen LogP contribution in [0.3, 0.4) is 0 Å². The molecule has 2 fully saturated rings. The number of rotatable bonds is 4. The molecule has 6 nitrogen and oxygen atoms in total. The number of esters is 1. The minimum absolute atomic E-state index is 0.0831. The number of benzene rings is 1. The van der Waals surface area contributed by atoms with Gasteiger partial charge in [-0.25, -0.2) is 4.79 Å². The van der Waals surface area contributed by atoms with E-state index in [0.717, 1.165) is 49.5 Å². The Morgan fingerprint density at radius 2 is 2.29 bits per heavy atom. The molecule has 0 unspecified atom stereocenters. The minimum atomic E-state index is -0.340. The molecule has 2 saturated heterocycles. The molecule has 0 radical (unpaired) electrons.